The minimum absolute atomic E-state index is 0.404. The number of thiazole rings is 1. The van der Waals surface area contributed by atoms with Gasteiger partial charge in [-0.25, -0.2) is 9.78 Å². The van der Waals surface area contributed by atoms with Crippen LogP contribution in [0.25, 0.3) is 33.4 Å². The Morgan fingerprint density at radius 1 is 1.03 bits per heavy atom. The van der Waals surface area contributed by atoms with Crippen molar-refractivity contribution >= 4 is 44.8 Å². The van der Waals surface area contributed by atoms with E-state index in [0.29, 0.717) is 32.3 Å². The zero-order valence-electron chi connectivity index (χ0n) is 17.9. The highest BCUT2D eigenvalue weighted by Gasteiger charge is 2.15. The average Bonchev–Trinajstić information content (AvgIpc) is 3.33. The van der Waals surface area contributed by atoms with Gasteiger partial charge in [0.2, 0.25) is 10.9 Å². The van der Waals surface area contributed by atoms with E-state index in [1.165, 1.54) is 11.3 Å². The molecule has 0 unspecified atom stereocenters. The number of halogens is 1. The standard InChI is InChI=1S/C26H18ClN3O3S/c1-15(29-30-26-28-21(14-34-26)17-10-12-19(27)13-11-17)16-6-8-18(9-7-16)23-20-4-2-3-5-22(20)33-25(32)24(23)31/h2-14,31H,1H3,(H,28,30). The fourth-order valence-electron chi connectivity index (χ4n) is 3.58. The molecule has 0 aliphatic heterocycles. The van der Waals surface area contributed by atoms with Crippen LogP contribution in [0.3, 0.4) is 0 Å². The first-order chi connectivity index (χ1) is 16.5. The summed E-state index contributed by atoms with van der Waals surface area (Å²) in [5.41, 5.74) is 7.30. The third kappa shape index (κ3) is 4.31. The van der Waals surface area contributed by atoms with Crippen LogP contribution in [-0.4, -0.2) is 15.8 Å². The van der Waals surface area contributed by atoms with Crippen molar-refractivity contribution in [1.29, 1.82) is 0 Å². The number of hydrazone groups is 1. The Bertz CT molecular complexity index is 1570. The molecule has 0 spiro atoms. The number of aromatic hydroxyl groups is 1. The zero-order chi connectivity index (χ0) is 23.7. The van der Waals surface area contributed by atoms with Gasteiger partial charge in [0.15, 0.2) is 0 Å². The van der Waals surface area contributed by atoms with E-state index in [9.17, 15) is 9.90 Å². The van der Waals surface area contributed by atoms with Gasteiger partial charge in [0, 0.05) is 26.9 Å². The van der Waals surface area contributed by atoms with Gasteiger partial charge >= 0.3 is 5.63 Å². The van der Waals surface area contributed by atoms with Crippen molar-refractivity contribution in [1.82, 2.24) is 4.98 Å². The molecule has 5 rings (SSSR count). The van der Waals surface area contributed by atoms with Crippen molar-refractivity contribution in [3.63, 3.8) is 0 Å². The van der Waals surface area contributed by atoms with Gasteiger partial charge in [0.25, 0.3) is 0 Å². The number of anilines is 1. The summed E-state index contributed by atoms with van der Waals surface area (Å²) < 4.78 is 5.18. The molecule has 0 radical (unpaired) electrons. The fourth-order valence-corrected chi connectivity index (χ4v) is 4.37. The third-order valence-corrected chi connectivity index (χ3v) is 6.34. The summed E-state index contributed by atoms with van der Waals surface area (Å²) in [5.74, 6) is -0.404. The summed E-state index contributed by atoms with van der Waals surface area (Å²) in [4.78, 5) is 16.6. The molecule has 3 aromatic carbocycles. The van der Waals surface area contributed by atoms with Crippen molar-refractivity contribution in [3.8, 4) is 28.1 Å². The largest absolute Gasteiger partial charge is 0.501 e. The molecule has 0 fully saturated rings. The Hall–Kier alpha value is -3.94. The first-order valence-electron chi connectivity index (χ1n) is 10.4. The van der Waals surface area contributed by atoms with Crippen LogP contribution < -0.4 is 11.1 Å². The van der Waals surface area contributed by atoms with Gasteiger partial charge in [-0.3, -0.25) is 5.43 Å². The van der Waals surface area contributed by atoms with Gasteiger partial charge in [-0.05, 0) is 36.2 Å². The molecule has 2 heterocycles. The van der Waals surface area contributed by atoms with E-state index in [4.69, 9.17) is 16.0 Å². The van der Waals surface area contributed by atoms with E-state index in [0.717, 1.165) is 22.5 Å². The lowest BCUT2D eigenvalue weighted by Gasteiger charge is -2.09. The first kappa shape index (κ1) is 21.9. The van der Waals surface area contributed by atoms with Crippen molar-refractivity contribution in [2.45, 2.75) is 6.92 Å². The SMILES string of the molecule is CC(=NNc1nc(-c2ccc(Cl)cc2)cs1)c1ccc(-c2c(O)c(=O)oc3ccccc23)cc1. The Balaban J connectivity index is 1.37. The van der Waals surface area contributed by atoms with Crippen LogP contribution in [0, 0.1) is 0 Å². The second kappa shape index (κ2) is 9.13. The van der Waals surface area contributed by atoms with Crippen LogP contribution in [0.15, 0.2) is 92.5 Å². The van der Waals surface area contributed by atoms with Crippen molar-refractivity contribution in [3.05, 3.63) is 99.2 Å². The number of rotatable bonds is 5. The van der Waals surface area contributed by atoms with E-state index in [2.05, 4.69) is 15.5 Å². The smallest absolute Gasteiger partial charge is 0.379 e. The second-order valence-electron chi connectivity index (χ2n) is 7.54. The van der Waals surface area contributed by atoms with Gasteiger partial charge in [-0.1, -0.05) is 66.2 Å². The Morgan fingerprint density at radius 3 is 2.50 bits per heavy atom. The van der Waals surface area contributed by atoms with E-state index >= 15 is 0 Å². The highest BCUT2D eigenvalue weighted by atomic mass is 35.5. The molecule has 8 heteroatoms. The minimum atomic E-state index is -0.763. The number of hydrogen-bond donors (Lipinski definition) is 2. The molecule has 0 aliphatic carbocycles. The number of aromatic nitrogens is 1. The molecule has 168 valence electrons. The minimum Gasteiger partial charge on any atom is -0.501 e. The predicted molar refractivity (Wildman–Crippen MR) is 138 cm³/mol. The van der Waals surface area contributed by atoms with Crippen LogP contribution in [0.2, 0.25) is 5.02 Å². The lowest BCUT2D eigenvalue weighted by molar-refractivity contribution is 0.430. The number of hydrogen-bond acceptors (Lipinski definition) is 7. The van der Waals surface area contributed by atoms with Crippen LogP contribution in [0.1, 0.15) is 12.5 Å². The number of fused-ring (bicyclic) bond motifs is 1. The number of benzene rings is 3. The Kier molecular flexibility index (Phi) is 5.88. The van der Waals surface area contributed by atoms with Gasteiger partial charge in [-0.2, -0.15) is 5.10 Å². The molecule has 0 aliphatic rings. The Labute approximate surface area is 203 Å². The number of nitrogens with zero attached hydrogens (tertiary/aromatic N) is 2. The molecule has 0 saturated heterocycles. The summed E-state index contributed by atoms with van der Waals surface area (Å²) in [6, 6.07) is 22.1. The zero-order valence-corrected chi connectivity index (χ0v) is 19.5. The average molecular weight is 488 g/mol. The van der Waals surface area contributed by atoms with E-state index in [1.54, 1.807) is 12.1 Å². The lowest BCUT2D eigenvalue weighted by Crippen LogP contribution is -2.01. The quantitative estimate of drug-likeness (QED) is 0.162. The topological polar surface area (TPSA) is 87.7 Å². The third-order valence-electron chi connectivity index (χ3n) is 5.34. The van der Waals surface area contributed by atoms with Crippen molar-refractivity contribution in [2.75, 3.05) is 5.43 Å². The highest BCUT2D eigenvalue weighted by molar-refractivity contribution is 7.14. The first-order valence-corrected chi connectivity index (χ1v) is 11.6. The molecule has 34 heavy (non-hydrogen) atoms. The molecule has 5 aromatic rings. The van der Waals surface area contributed by atoms with Crippen LogP contribution in [0.5, 0.6) is 5.75 Å². The molecule has 6 nitrogen and oxygen atoms in total. The van der Waals surface area contributed by atoms with Gasteiger partial charge in [0.05, 0.1) is 11.4 Å². The van der Waals surface area contributed by atoms with E-state index in [1.807, 2.05) is 73.0 Å². The summed E-state index contributed by atoms with van der Waals surface area (Å²) in [5, 5.41) is 18.8. The van der Waals surface area contributed by atoms with Crippen molar-refractivity contribution < 1.29 is 9.52 Å². The van der Waals surface area contributed by atoms with Crippen LogP contribution >= 0.6 is 22.9 Å². The highest BCUT2D eigenvalue weighted by Crippen LogP contribution is 2.34. The molecule has 2 aromatic heterocycles. The van der Waals surface area contributed by atoms with Gasteiger partial charge in [0.1, 0.15) is 5.58 Å². The molecule has 0 saturated carbocycles. The van der Waals surface area contributed by atoms with E-state index in [-0.39, 0.29) is 0 Å². The molecular formula is C26H18ClN3O3S. The molecule has 0 bridgehead atoms. The maximum absolute atomic E-state index is 12.1. The maximum atomic E-state index is 12.1. The number of nitrogens with one attached hydrogen (secondary N) is 1. The fraction of sp³-hybridized carbons (Fsp3) is 0.0385. The van der Waals surface area contributed by atoms with E-state index < -0.39 is 11.4 Å². The summed E-state index contributed by atoms with van der Waals surface area (Å²) in [7, 11) is 0. The molecular weight excluding hydrogens is 470 g/mol. The Morgan fingerprint density at radius 2 is 1.74 bits per heavy atom. The molecule has 0 atom stereocenters. The molecule has 2 N–H and O–H groups in total. The van der Waals surface area contributed by atoms with Crippen LogP contribution in [0.4, 0.5) is 5.13 Å². The molecule has 0 amide bonds. The summed E-state index contributed by atoms with van der Waals surface area (Å²) in [6.45, 7) is 1.89. The van der Waals surface area contributed by atoms with Crippen LogP contribution in [-0.2, 0) is 0 Å². The second-order valence-corrected chi connectivity index (χ2v) is 8.83. The summed E-state index contributed by atoms with van der Waals surface area (Å²) >= 11 is 7.41. The van der Waals surface area contributed by atoms with Gasteiger partial charge < -0.3 is 9.52 Å². The monoisotopic (exact) mass is 487 g/mol. The maximum Gasteiger partial charge on any atom is 0.379 e. The number of para-hydroxylation sites is 1. The van der Waals surface area contributed by atoms with Crippen molar-refractivity contribution in [2.24, 2.45) is 5.10 Å². The lowest BCUT2D eigenvalue weighted by atomic mass is 9.99. The van der Waals surface area contributed by atoms with Gasteiger partial charge in [-0.15, -0.1) is 11.3 Å². The predicted octanol–water partition coefficient (Wildman–Crippen LogP) is 6.78. The summed E-state index contributed by atoms with van der Waals surface area (Å²) in [6.07, 6.45) is 0. The normalized spacial score (nSPS) is 11.6.